The number of hydrogen-bond donors (Lipinski definition) is 1. The number of benzene rings is 1. The second kappa shape index (κ2) is 4.92. The molecule has 3 rings (SSSR count). The summed E-state index contributed by atoms with van der Waals surface area (Å²) in [6, 6.07) is 5.59. The van der Waals surface area contributed by atoms with Gasteiger partial charge in [-0.3, -0.25) is 4.68 Å². The van der Waals surface area contributed by atoms with Crippen LogP contribution < -0.4 is 0 Å². The van der Waals surface area contributed by atoms with Crippen LogP contribution in [0.5, 0.6) is 0 Å². The van der Waals surface area contributed by atoms with Crippen molar-refractivity contribution in [1.82, 2.24) is 14.8 Å². The monoisotopic (exact) mass is 349 g/mol. The number of aromatic carboxylic acids is 1. The van der Waals surface area contributed by atoms with Crippen molar-refractivity contribution in [2.75, 3.05) is 0 Å². The molecule has 0 atom stereocenters. The molecule has 0 unspecified atom stereocenters. The first-order valence-electron chi connectivity index (χ1n) is 5.99. The largest absolute Gasteiger partial charge is 0.478 e. The number of carboxylic acid groups (broad SMARTS) is 1. The van der Waals surface area contributed by atoms with Gasteiger partial charge in [-0.1, -0.05) is 0 Å². The van der Waals surface area contributed by atoms with Crippen molar-refractivity contribution < 1.29 is 14.3 Å². The summed E-state index contributed by atoms with van der Waals surface area (Å²) >= 11 is 3.23. The van der Waals surface area contributed by atoms with Gasteiger partial charge in [-0.2, -0.15) is 5.10 Å². The molecule has 5 nitrogen and oxygen atoms in total. The van der Waals surface area contributed by atoms with Gasteiger partial charge in [0.15, 0.2) is 0 Å². The predicted molar refractivity (Wildman–Crippen MR) is 78.6 cm³/mol. The minimum absolute atomic E-state index is 0.00333. The molecule has 0 bridgehead atoms. The Morgan fingerprint density at radius 2 is 2.14 bits per heavy atom. The molecule has 7 heteroatoms. The summed E-state index contributed by atoms with van der Waals surface area (Å²) in [7, 11) is 1.74. The Kier molecular flexibility index (Phi) is 3.21. The van der Waals surface area contributed by atoms with Gasteiger partial charge in [0, 0.05) is 23.1 Å². The minimum Gasteiger partial charge on any atom is -0.478 e. The average Bonchev–Trinajstić information content (AvgIpc) is 2.84. The summed E-state index contributed by atoms with van der Waals surface area (Å²) in [6.45, 7) is 0. The molecule has 1 N–H and O–H groups in total. The Morgan fingerprint density at radius 3 is 2.76 bits per heavy atom. The molecular weight excluding hydrogens is 341 g/mol. The number of halogens is 2. The lowest BCUT2D eigenvalue weighted by atomic mass is 10.1. The summed E-state index contributed by atoms with van der Waals surface area (Å²) in [5, 5.41) is 13.7. The van der Waals surface area contributed by atoms with Crippen molar-refractivity contribution in [2.45, 2.75) is 0 Å². The third-order valence-corrected chi connectivity index (χ3v) is 3.75. The van der Waals surface area contributed by atoms with E-state index in [4.69, 9.17) is 0 Å². The van der Waals surface area contributed by atoms with E-state index >= 15 is 0 Å². The van der Waals surface area contributed by atoms with E-state index in [0.717, 1.165) is 0 Å². The van der Waals surface area contributed by atoms with Crippen LogP contribution in [0.25, 0.3) is 22.3 Å². The molecule has 0 saturated carbocycles. The normalized spacial score (nSPS) is 11.0. The highest BCUT2D eigenvalue weighted by Gasteiger charge is 2.17. The van der Waals surface area contributed by atoms with E-state index in [0.29, 0.717) is 21.4 Å². The molecule has 1 aromatic carbocycles. The van der Waals surface area contributed by atoms with Crippen LogP contribution in [0.1, 0.15) is 10.4 Å². The zero-order chi connectivity index (χ0) is 15.1. The minimum atomic E-state index is -1.14. The number of aryl methyl sites for hydroxylation is 1. The lowest BCUT2D eigenvalue weighted by Crippen LogP contribution is -2.03. The van der Waals surface area contributed by atoms with Crippen LogP contribution in [-0.2, 0) is 7.05 Å². The third-order valence-electron chi connectivity index (χ3n) is 3.15. The molecule has 21 heavy (non-hydrogen) atoms. The van der Waals surface area contributed by atoms with Crippen LogP contribution >= 0.6 is 15.9 Å². The zero-order valence-electron chi connectivity index (χ0n) is 10.8. The Hall–Kier alpha value is -2.28. The van der Waals surface area contributed by atoms with Crippen LogP contribution in [0.3, 0.4) is 0 Å². The van der Waals surface area contributed by atoms with Gasteiger partial charge in [-0.05, 0) is 40.2 Å². The van der Waals surface area contributed by atoms with Crippen molar-refractivity contribution in [3.05, 3.63) is 46.3 Å². The highest BCUT2D eigenvalue weighted by molar-refractivity contribution is 9.10. The number of hydrogen-bond acceptors (Lipinski definition) is 3. The molecule has 0 aliphatic rings. The smallest absolute Gasteiger partial charge is 0.336 e. The maximum atomic E-state index is 13.5. The summed E-state index contributed by atoms with van der Waals surface area (Å²) in [5.41, 5.74) is 1.53. The fourth-order valence-electron chi connectivity index (χ4n) is 2.19. The standard InChI is InChI=1S/C14H9BrFN3O2/c1-19-12(2-3-17-19)11-6-9(14(20)21)8-4-7(16)5-10(15)13(8)18-11/h2-6H,1H3,(H,20,21). The van der Waals surface area contributed by atoms with Crippen molar-refractivity contribution in [2.24, 2.45) is 7.05 Å². The molecular formula is C14H9BrFN3O2. The van der Waals surface area contributed by atoms with Crippen LogP contribution in [0.4, 0.5) is 4.39 Å². The first-order chi connectivity index (χ1) is 9.97. The first kappa shape index (κ1) is 13.7. The molecule has 3 aromatic rings. The number of fused-ring (bicyclic) bond motifs is 1. The fourth-order valence-corrected chi connectivity index (χ4v) is 2.71. The molecule has 106 valence electrons. The Bertz CT molecular complexity index is 876. The zero-order valence-corrected chi connectivity index (χ0v) is 12.4. The summed E-state index contributed by atoms with van der Waals surface area (Å²) in [4.78, 5) is 15.9. The first-order valence-corrected chi connectivity index (χ1v) is 6.78. The Labute approximate surface area is 127 Å². The Morgan fingerprint density at radius 1 is 1.38 bits per heavy atom. The van der Waals surface area contributed by atoms with Gasteiger partial charge >= 0.3 is 5.97 Å². The van der Waals surface area contributed by atoms with E-state index in [1.807, 2.05) is 0 Å². The summed E-state index contributed by atoms with van der Waals surface area (Å²) in [5.74, 6) is -1.66. The SMILES string of the molecule is Cn1nccc1-c1cc(C(=O)O)c2cc(F)cc(Br)c2n1. The van der Waals surface area contributed by atoms with E-state index < -0.39 is 11.8 Å². The van der Waals surface area contributed by atoms with Crippen molar-refractivity contribution in [3.8, 4) is 11.4 Å². The molecule has 0 spiro atoms. The lowest BCUT2D eigenvalue weighted by molar-refractivity contribution is 0.0699. The number of rotatable bonds is 2. The summed E-state index contributed by atoms with van der Waals surface area (Å²) in [6.07, 6.45) is 1.60. The number of nitrogens with zero attached hydrogens (tertiary/aromatic N) is 3. The molecule has 2 heterocycles. The average molecular weight is 350 g/mol. The highest BCUT2D eigenvalue weighted by atomic mass is 79.9. The van der Waals surface area contributed by atoms with Crippen molar-refractivity contribution in [1.29, 1.82) is 0 Å². The molecule has 0 amide bonds. The number of carboxylic acids is 1. The van der Waals surface area contributed by atoms with E-state index in [9.17, 15) is 14.3 Å². The van der Waals surface area contributed by atoms with Crippen LogP contribution in [-0.4, -0.2) is 25.8 Å². The predicted octanol–water partition coefficient (Wildman–Crippen LogP) is 3.24. The van der Waals surface area contributed by atoms with E-state index in [1.54, 1.807) is 24.0 Å². The van der Waals surface area contributed by atoms with Gasteiger partial charge in [-0.15, -0.1) is 0 Å². The van der Waals surface area contributed by atoms with Gasteiger partial charge in [0.1, 0.15) is 5.82 Å². The molecule has 0 fully saturated rings. The number of aromatic nitrogens is 3. The molecule has 0 aliphatic carbocycles. The van der Waals surface area contributed by atoms with Gasteiger partial charge in [0.05, 0.1) is 22.5 Å². The van der Waals surface area contributed by atoms with Crippen LogP contribution in [0, 0.1) is 5.82 Å². The molecule has 0 saturated heterocycles. The van der Waals surface area contributed by atoms with E-state index in [-0.39, 0.29) is 10.9 Å². The number of pyridine rings is 1. The van der Waals surface area contributed by atoms with Crippen molar-refractivity contribution in [3.63, 3.8) is 0 Å². The third kappa shape index (κ3) is 2.29. The van der Waals surface area contributed by atoms with Crippen LogP contribution in [0.15, 0.2) is 34.9 Å². The number of carbonyl (C=O) groups is 1. The molecule has 2 aromatic heterocycles. The topological polar surface area (TPSA) is 68.0 Å². The van der Waals surface area contributed by atoms with Gasteiger partial charge in [0.2, 0.25) is 0 Å². The van der Waals surface area contributed by atoms with Gasteiger partial charge < -0.3 is 5.11 Å². The second-order valence-electron chi connectivity index (χ2n) is 4.48. The Balaban J connectivity index is 2.40. The van der Waals surface area contributed by atoms with Crippen LogP contribution in [0.2, 0.25) is 0 Å². The van der Waals surface area contributed by atoms with Gasteiger partial charge in [0.25, 0.3) is 0 Å². The van der Waals surface area contributed by atoms with E-state index in [1.165, 1.54) is 18.2 Å². The van der Waals surface area contributed by atoms with E-state index in [2.05, 4.69) is 26.0 Å². The quantitative estimate of drug-likeness (QED) is 0.771. The lowest BCUT2D eigenvalue weighted by Gasteiger charge is -2.09. The van der Waals surface area contributed by atoms with Gasteiger partial charge in [-0.25, -0.2) is 14.2 Å². The summed E-state index contributed by atoms with van der Waals surface area (Å²) < 4.78 is 15.5. The molecule has 0 radical (unpaired) electrons. The fraction of sp³-hybridized carbons (Fsp3) is 0.0714. The van der Waals surface area contributed by atoms with Crippen molar-refractivity contribution >= 4 is 32.8 Å². The maximum absolute atomic E-state index is 13.5. The second-order valence-corrected chi connectivity index (χ2v) is 5.34. The molecule has 0 aliphatic heterocycles. The maximum Gasteiger partial charge on any atom is 0.336 e. The highest BCUT2D eigenvalue weighted by Crippen LogP contribution is 2.30.